The van der Waals surface area contributed by atoms with E-state index in [4.69, 9.17) is 5.73 Å². The fourth-order valence-electron chi connectivity index (χ4n) is 2.86. The highest BCUT2D eigenvalue weighted by Crippen LogP contribution is 2.29. The molecule has 0 atom stereocenters. The van der Waals surface area contributed by atoms with Crippen molar-refractivity contribution >= 4 is 5.91 Å². The van der Waals surface area contributed by atoms with Crippen LogP contribution in [0.4, 0.5) is 0 Å². The Hall–Kier alpha value is -1.79. The van der Waals surface area contributed by atoms with Crippen molar-refractivity contribution < 1.29 is 4.79 Å². The van der Waals surface area contributed by atoms with Crippen LogP contribution in [0, 0.1) is 24.2 Å². The number of rotatable bonds is 1. The zero-order valence-corrected chi connectivity index (χ0v) is 13.2. The summed E-state index contributed by atoms with van der Waals surface area (Å²) in [6.45, 7) is 8.39. The van der Waals surface area contributed by atoms with Gasteiger partial charge < -0.3 is 10.6 Å². The molecule has 1 amide bonds. The minimum absolute atomic E-state index is 0.0871. The van der Waals surface area contributed by atoms with Crippen molar-refractivity contribution in [1.82, 2.24) is 4.90 Å². The molecule has 1 aromatic carbocycles. The number of piperidine rings is 1. The van der Waals surface area contributed by atoms with Crippen molar-refractivity contribution in [3.63, 3.8) is 0 Å². The van der Waals surface area contributed by atoms with Crippen molar-refractivity contribution in [1.29, 1.82) is 0 Å². The molecule has 0 aliphatic carbocycles. The number of aryl methyl sites for hydroxylation is 1. The molecule has 21 heavy (non-hydrogen) atoms. The van der Waals surface area contributed by atoms with Crippen LogP contribution in [0.25, 0.3) is 0 Å². The Kier molecular flexibility index (Phi) is 4.69. The van der Waals surface area contributed by atoms with E-state index in [9.17, 15) is 4.79 Å². The Balaban J connectivity index is 2.30. The second-order valence-electron chi connectivity index (χ2n) is 6.55. The third-order valence-corrected chi connectivity index (χ3v) is 3.92. The number of benzene rings is 1. The summed E-state index contributed by atoms with van der Waals surface area (Å²) in [7, 11) is 0. The van der Waals surface area contributed by atoms with Gasteiger partial charge in [0.15, 0.2) is 0 Å². The van der Waals surface area contributed by atoms with Gasteiger partial charge in [0.05, 0.1) is 12.1 Å². The van der Waals surface area contributed by atoms with Crippen LogP contribution >= 0.6 is 0 Å². The standard InChI is InChI=1S/C18H24N2O/c1-14-7-8-16(15(12-14)6-4-10-19)17(21)20-11-5-9-18(2,3)13-20/h7-8,12H,5,9-11,13,19H2,1-3H3. The number of carbonyl (C=O) groups is 1. The second-order valence-corrected chi connectivity index (χ2v) is 6.55. The zero-order valence-electron chi connectivity index (χ0n) is 13.2. The van der Waals surface area contributed by atoms with E-state index >= 15 is 0 Å². The number of amides is 1. The Morgan fingerprint density at radius 3 is 2.86 bits per heavy atom. The fourth-order valence-corrected chi connectivity index (χ4v) is 2.86. The van der Waals surface area contributed by atoms with E-state index in [0.29, 0.717) is 12.1 Å². The molecule has 1 fully saturated rings. The van der Waals surface area contributed by atoms with Crippen LogP contribution in [-0.4, -0.2) is 30.4 Å². The van der Waals surface area contributed by atoms with Crippen molar-refractivity contribution in [2.75, 3.05) is 19.6 Å². The first-order valence-corrected chi connectivity index (χ1v) is 7.52. The molecule has 3 heteroatoms. The first-order valence-electron chi connectivity index (χ1n) is 7.52. The van der Waals surface area contributed by atoms with Gasteiger partial charge in [0.2, 0.25) is 0 Å². The first-order chi connectivity index (χ1) is 9.93. The maximum Gasteiger partial charge on any atom is 0.255 e. The quantitative estimate of drug-likeness (QED) is 0.806. The zero-order chi connectivity index (χ0) is 15.5. The number of carbonyl (C=O) groups excluding carboxylic acids is 1. The summed E-state index contributed by atoms with van der Waals surface area (Å²) in [5.74, 6) is 5.97. The molecule has 112 valence electrons. The van der Waals surface area contributed by atoms with Crippen molar-refractivity contribution in [2.45, 2.75) is 33.6 Å². The fraction of sp³-hybridized carbons (Fsp3) is 0.500. The van der Waals surface area contributed by atoms with E-state index in [2.05, 4.69) is 25.7 Å². The molecule has 0 spiro atoms. The van der Waals surface area contributed by atoms with E-state index in [1.54, 1.807) is 0 Å². The number of nitrogens with zero attached hydrogens (tertiary/aromatic N) is 1. The van der Waals surface area contributed by atoms with Gasteiger partial charge in [0.25, 0.3) is 5.91 Å². The van der Waals surface area contributed by atoms with Gasteiger partial charge in [-0.25, -0.2) is 0 Å². The van der Waals surface area contributed by atoms with Crippen LogP contribution in [0.2, 0.25) is 0 Å². The highest BCUT2D eigenvalue weighted by atomic mass is 16.2. The lowest BCUT2D eigenvalue weighted by Gasteiger charge is -2.38. The SMILES string of the molecule is Cc1ccc(C(=O)N2CCCC(C)(C)C2)c(C#CCN)c1. The molecule has 0 bridgehead atoms. The van der Waals surface area contributed by atoms with E-state index in [1.807, 2.05) is 30.0 Å². The Bertz CT molecular complexity index is 593. The molecule has 1 heterocycles. The average Bonchev–Trinajstić information content (AvgIpc) is 2.43. The molecule has 1 saturated heterocycles. The number of hydrogen-bond donors (Lipinski definition) is 1. The minimum atomic E-state index is 0.0871. The molecule has 1 aromatic rings. The molecular weight excluding hydrogens is 260 g/mol. The van der Waals surface area contributed by atoms with Crippen LogP contribution in [0.3, 0.4) is 0 Å². The maximum absolute atomic E-state index is 12.8. The minimum Gasteiger partial charge on any atom is -0.338 e. The van der Waals surface area contributed by atoms with Gasteiger partial charge in [-0.05, 0) is 42.9 Å². The Morgan fingerprint density at radius 1 is 1.43 bits per heavy atom. The predicted molar refractivity (Wildman–Crippen MR) is 86.0 cm³/mol. The normalized spacial score (nSPS) is 17.0. The summed E-state index contributed by atoms with van der Waals surface area (Å²) < 4.78 is 0. The summed E-state index contributed by atoms with van der Waals surface area (Å²) in [4.78, 5) is 14.8. The Labute approximate surface area is 127 Å². The monoisotopic (exact) mass is 284 g/mol. The van der Waals surface area contributed by atoms with E-state index in [1.165, 1.54) is 6.42 Å². The van der Waals surface area contributed by atoms with E-state index in [0.717, 1.165) is 30.6 Å². The van der Waals surface area contributed by atoms with Crippen molar-refractivity contribution in [3.8, 4) is 11.8 Å². The molecule has 0 saturated carbocycles. The summed E-state index contributed by atoms with van der Waals surface area (Å²) in [6, 6.07) is 5.82. The molecule has 0 unspecified atom stereocenters. The topological polar surface area (TPSA) is 46.3 Å². The van der Waals surface area contributed by atoms with Gasteiger partial charge in [-0.1, -0.05) is 31.8 Å². The number of nitrogens with two attached hydrogens (primary N) is 1. The first kappa shape index (κ1) is 15.6. The van der Waals surface area contributed by atoms with Gasteiger partial charge in [-0.15, -0.1) is 0 Å². The Morgan fingerprint density at radius 2 is 2.19 bits per heavy atom. The van der Waals surface area contributed by atoms with Crippen LogP contribution < -0.4 is 5.73 Å². The third-order valence-electron chi connectivity index (χ3n) is 3.92. The molecule has 1 aliphatic heterocycles. The highest BCUT2D eigenvalue weighted by molar-refractivity contribution is 5.97. The molecule has 2 rings (SSSR count). The largest absolute Gasteiger partial charge is 0.338 e. The molecule has 1 aliphatic rings. The summed E-state index contributed by atoms with van der Waals surface area (Å²) >= 11 is 0. The molecule has 0 aromatic heterocycles. The summed E-state index contributed by atoms with van der Waals surface area (Å²) in [5, 5.41) is 0. The lowest BCUT2D eigenvalue weighted by molar-refractivity contribution is 0.0583. The average molecular weight is 284 g/mol. The lowest BCUT2D eigenvalue weighted by atomic mass is 9.84. The van der Waals surface area contributed by atoms with Gasteiger partial charge in [-0.3, -0.25) is 4.79 Å². The lowest BCUT2D eigenvalue weighted by Crippen LogP contribution is -2.43. The van der Waals surface area contributed by atoms with Crippen LogP contribution in [0.5, 0.6) is 0 Å². The van der Waals surface area contributed by atoms with Gasteiger partial charge >= 0.3 is 0 Å². The predicted octanol–water partition coefficient (Wildman–Crippen LogP) is 2.57. The third kappa shape index (κ3) is 3.86. The highest BCUT2D eigenvalue weighted by Gasteiger charge is 2.30. The maximum atomic E-state index is 12.8. The summed E-state index contributed by atoms with van der Waals surface area (Å²) in [6.07, 6.45) is 2.24. The smallest absolute Gasteiger partial charge is 0.255 e. The molecule has 0 radical (unpaired) electrons. The van der Waals surface area contributed by atoms with Gasteiger partial charge in [0, 0.05) is 18.7 Å². The molecule has 3 nitrogen and oxygen atoms in total. The second kappa shape index (κ2) is 6.32. The molecular formula is C18H24N2O. The van der Waals surface area contributed by atoms with E-state index in [-0.39, 0.29) is 11.3 Å². The van der Waals surface area contributed by atoms with Crippen LogP contribution in [0.15, 0.2) is 18.2 Å². The van der Waals surface area contributed by atoms with Crippen LogP contribution in [0.1, 0.15) is 48.2 Å². The van der Waals surface area contributed by atoms with Crippen LogP contribution in [-0.2, 0) is 0 Å². The van der Waals surface area contributed by atoms with Gasteiger partial charge in [0.1, 0.15) is 0 Å². The van der Waals surface area contributed by atoms with E-state index < -0.39 is 0 Å². The summed E-state index contributed by atoms with van der Waals surface area (Å²) in [5.41, 5.74) is 8.23. The number of likely N-dealkylation sites (tertiary alicyclic amines) is 1. The number of hydrogen-bond acceptors (Lipinski definition) is 2. The van der Waals surface area contributed by atoms with Crippen molar-refractivity contribution in [3.05, 3.63) is 34.9 Å². The molecule has 2 N–H and O–H groups in total. The van der Waals surface area contributed by atoms with Gasteiger partial charge in [-0.2, -0.15) is 0 Å². The van der Waals surface area contributed by atoms with Crippen molar-refractivity contribution in [2.24, 2.45) is 11.1 Å².